The predicted octanol–water partition coefficient (Wildman–Crippen LogP) is 6.67. The number of allylic oxidation sites excluding steroid dienone is 2. The highest BCUT2D eigenvalue weighted by molar-refractivity contribution is 6.22. The van der Waals surface area contributed by atoms with Crippen LogP contribution in [0.15, 0.2) is 115 Å². The Labute approximate surface area is 288 Å². The van der Waals surface area contributed by atoms with Gasteiger partial charge in [0.1, 0.15) is 0 Å². The van der Waals surface area contributed by atoms with Crippen LogP contribution in [0.25, 0.3) is 6.08 Å². The van der Waals surface area contributed by atoms with Gasteiger partial charge in [-0.1, -0.05) is 90.5 Å². The molecular formula is C41H34FN3O5. The molecule has 2 heterocycles. The van der Waals surface area contributed by atoms with Crippen LogP contribution in [0.3, 0.4) is 0 Å². The number of imide groups is 2. The van der Waals surface area contributed by atoms with Crippen LogP contribution in [-0.4, -0.2) is 33.7 Å². The summed E-state index contributed by atoms with van der Waals surface area (Å²) in [6, 6.07) is 27.4. The van der Waals surface area contributed by atoms with Crippen LogP contribution >= 0.6 is 0 Å². The average molecular weight is 668 g/mol. The Bertz CT molecular complexity index is 2110. The van der Waals surface area contributed by atoms with E-state index >= 15 is 9.18 Å². The third-order valence-corrected chi connectivity index (χ3v) is 11.1. The fourth-order valence-electron chi connectivity index (χ4n) is 8.84. The van der Waals surface area contributed by atoms with Crippen molar-refractivity contribution < 1.29 is 28.7 Å². The molecule has 0 spiro atoms. The highest BCUT2D eigenvalue weighted by atomic mass is 19.1. The number of hydrazine groups is 1. The molecule has 8 rings (SSSR count). The molecule has 2 N–H and O–H groups in total. The van der Waals surface area contributed by atoms with Gasteiger partial charge in [-0.15, -0.1) is 0 Å². The molecule has 50 heavy (non-hydrogen) atoms. The number of anilines is 2. The van der Waals surface area contributed by atoms with Gasteiger partial charge < -0.3 is 5.11 Å². The summed E-state index contributed by atoms with van der Waals surface area (Å²) in [5.74, 6) is -6.98. The lowest BCUT2D eigenvalue weighted by atomic mass is 9.49. The average Bonchev–Trinajstić information content (AvgIpc) is 3.51. The van der Waals surface area contributed by atoms with Crippen molar-refractivity contribution in [1.29, 1.82) is 0 Å². The van der Waals surface area contributed by atoms with Crippen molar-refractivity contribution in [3.63, 3.8) is 0 Å². The maximum absolute atomic E-state index is 15.3. The Morgan fingerprint density at radius 2 is 1.60 bits per heavy atom. The molecule has 2 saturated heterocycles. The van der Waals surface area contributed by atoms with E-state index in [-0.39, 0.29) is 24.7 Å². The summed E-state index contributed by atoms with van der Waals surface area (Å²) in [4.78, 5) is 59.4. The molecule has 4 aromatic carbocycles. The van der Waals surface area contributed by atoms with Gasteiger partial charge in [-0.2, -0.15) is 5.01 Å². The van der Waals surface area contributed by atoms with Gasteiger partial charge in [0, 0.05) is 5.92 Å². The van der Waals surface area contributed by atoms with Gasteiger partial charge in [-0.3, -0.25) is 29.5 Å². The van der Waals surface area contributed by atoms with Gasteiger partial charge in [-0.05, 0) is 78.8 Å². The first-order valence-corrected chi connectivity index (χ1v) is 16.7. The number of amides is 4. The molecule has 6 atom stereocenters. The van der Waals surface area contributed by atoms with Crippen LogP contribution in [0.1, 0.15) is 41.0 Å². The fourth-order valence-corrected chi connectivity index (χ4v) is 8.84. The van der Waals surface area contributed by atoms with Crippen molar-refractivity contribution in [3.05, 3.63) is 143 Å². The molecular weight excluding hydrogens is 633 g/mol. The number of phenolic OH excluding ortho intramolecular Hbond substituents is 1. The highest BCUT2D eigenvalue weighted by Gasteiger charge is 2.70. The van der Waals surface area contributed by atoms with E-state index in [4.69, 9.17) is 0 Å². The number of benzene rings is 4. The number of aryl methyl sites for hydroxylation is 1. The topological polar surface area (TPSA) is 107 Å². The fraction of sp³-hybridized carbons (Fsp3) is 0.220. The van der Waals surface area contributed by atoms with Crippen molar-refractivity contribution in [2.45, 2.75) is 31.1 Å². The molecule has 3 fully saturated rings. The van der Waals surface area contributed by atoms with Crippen LogP contribution in [0, 0.1) is 36.4 Å². The molecule has 0 bridgehead atoms. The number of hydrogen-bond acceptors (Lipinski definition) is 6. The van der Waals surface area contributed by atoms with Gasteiger partial charge >= 0.3 is 0 Å². The molecule has 4 aromatic rings. The third-order valence-electron chi connectivity index (χ3n) is 11.1. The summed E-state index contributed by atoms with van der Waals surface area (Å²) < 4.78 is 15.3. The van der Waals surface area contributed by atoms with Crippen molar-refractivity contribution in [3.8, 4) is 5.75 Å². The summed E-state index contributed by atoms with van der Waals surface area (Å²) in [7, 11) is 0. The molecule has 2 aliphatic heterocycles. The first-order valence-electron chi connectivity index (χ1n) is 16.7. The lowest BCUT2D eigenvalue weighted by molar-refractivity contribution is -0.138. The molecule has 9 heteroatoms. The number of hydrogen-bond donors (Lipinski definition) is 2. The number of fused-ring (bicyclic) bond motifs is 4. The normalized spacial score (nSPS) is 27.1. The number of phenols is 1. The lowest BCUT2D eigenvalue weighted by Gasteiger charge is -2.50. The zero-order valence-electron chi connectivity index (χ0n) is 27.3. The number of carbonyl (C=O) groups is 4. The standard InChI is InChI=1S/C41H34FN3O5/c1-3-24-11-16-28(17-12-24)44-37(47)30-19-18-29-31(35(30)39(44)49)22-32-38(48)45(43-27-14-9-23(2)10-15-27)40(50)41(32,26-7-5-4-6-8-26)36(29)25-13-20-34(46)33(42)21-25/h3-18,20-21,30-32,35-36,43,46H,1,19,22H2,2H3. The van der Waals surface area contributed by atoms with E-state index < -0.39 is 58.4 Å². The van der Waals surface area contributed by atoms with Gasteiger partial charge in [0.25, 0.3) is 11.8 Å². The van der Waals surface area contributed by atoms with Crippen molar-refractivity contribution in [2.24, 2.45) is 23.7 Å². The first-order chi connectivity index (χ1) is 24.1. The predicted molar refractivity (Wildman–Crippen MR) is 186 cm³/mol. The van der Waals surface area contributed by atoms with E-state index in [2.05, 4.69) is 12.0 Å². The van der Waals surface area contributed by atoms with E-state index in [0.717, 1.165) is 16.1 Å². The summed E-state index contributed by atoms with van der Waals surface area (Å²) in [5.41, 5.74) is 6.04. The Morgan fingerprint density at radius 3 is 2.28 bits per heavy atom. The molecule has 1 saturated carbocycles. The van der Waals surface area contributed by atoms with Crippen LogP contribution < -0.4 is 10.3 Å². The van der Waals surface area contributed by atoms with E-state index in [1.807, 2.05) is 43.3 Å². The van der Waals surface area contributed by atoms with E-state index in [9.17, 15) is 19.5 Å². The maximum Gasteiger partial charge on any atom is 0.260 e. The van der Waals surface area contributed by atoms with Gasteiger partial charge in [-0.25, -0.2) is 4.39 Å². The molecule has 2 aliphatic carbocycles. The number of nitrogens with one attached hydrogen (secondary N) is 1. The number of carbonyl (C=O) groups excluding carboxylic acids is 4. The van der Waals surface area contributed by atoms with Gasteiger partial charge in [0.15, 0.2) is 11.6 Å². The Morgan fingerprint density at radius 1 is 0.880 bits per heavy atom. The number of aromatic hydroxyl groups is 1. The minimum absolute atomic E-state index is 0.123. The SMILES string of the molecule is C=Cc1ccc(N2C(=O)C3CC=C4C(CC5C(=O)N(Nc6ccc(C)cc6)C(=O)C5(c5ccccc5)C4c4ccc(O)c(F)c4)C3C2=O)cc1. The van der Waals surface area contributed by atoms with Gasteiger partial charge in [0.05, 0.1) is 34.5 Å². The molecule has 250 valence electrons. The quantitative estimate of drug-likeness (QED) is 0.176. The second-order valence-corrected chi connectivity index (χ2v) is 13.6. The van der Waals surface area contributed by atoms with Gasteiger partial charge in [0.2, 0.25) is 11.8 Å². The van der Waals surface area contributed by atoms with Crippen LogP contribution in [-0.2, 0) is 24.6 Å². The van der Waals surface area contributed by atoms with Crippen LogP contribution in [0.4, 0.5) is 15.8 Å². The molecule has 8 nitrogen and oxygen atoms in total. The first kappa shape index (κ1) is 31.4. The Balaban J connectivity index is 1.30. The number of halogens is 1. The summed E-state index contributed by atoms with van der Waals surface area (Å²) in [6.45, 7) is 5.72. The summed E-state index contributed by atoms with van der Waals surface area (Å²) in [5, 5.41) is 11.3. The van der Waals surface area contributed by atoms with Crippen LogP contribution in [0.2, 0.25) is 0 Å². The van der Waals surface area contributed by atoms with Crippen molar-refractivity contribution >= 4 is 41.1 Å². The molecule has 0 aromatic heterocycles. The minimum atomic E-state index is -1.53. The van der Waals surface area contributed by atoms with Crippen LogP contribution in [0.5, 0.6) is 5.75 Å². The number of rotatable bonds is 6. The smallest absolute Gasteiger partial charge is 0.260 e. The zero-order valence-corrected chi connectivity index (χ0v) is 27.3. The molecule has 4 amide bonds. The molecule has 0 radical (unpaired) electrons. The second-order valence-electron chi connectivity index (χ2n) is 13.6. The second kappa shape index (κ2) is 11.7. The van der Waals surface area contributed by atoms with E-state index in [1.54, 1.807) is 60.7 Å². The van der Waals surface area contributed by atoms with Crippen molar-refractivity contribution in [2.75, 3.05) is 10.3 Å². The lowest BCUT2D eigenvalue weighted by Crippen LogP contribution is -2.53. The minimum Gasteiger partial charge on any atom is -0.505 e. The largest absolute Gasteiger partial charge is 0.505 e. The summed E-state index contributed by atoms with van der Waals surface area (Å²) >= 11 is 0. The number of nitrogens with zero attached hydrogens (tertiary/aromatic N) is 2. The Hall–Kier alpha value is -5.83. The monoisotopic (exact) mass is 667 g/mol. The molecule has 6 unspecified atom stereocenters. The third kappa shape index (κ3) is 4.49. The van der Waals surface area contributed by atoms with Crippen molar-refractivity contribution in [1.82, 2.24) is 5.01 Å². The Kier molecular flexibility index (Phi) is 7.33. The zero-order chi connectivity index (χ0) is 34.9. The summed E-state index contributed by atoms with van der Waals surface area (Å²) in [6.07, 6.45) is 3.96. The van der Waals surface area contributed by atoms with E-state index in [1.165, 1.54) is 17.0 Å². The molecule has 4 aliphatic rings. The maximum atomic E-state index is 15.3. The van der Waals surface area contributed by atoms with E-state index in [0.29, 0.717) is 28.1 Å². The highest BCUT2D eigenvalue weighted by Crippen LogP contribution is 2.64.